The first-order chi connectivity index (χ1) is 55.9. The minimum absolute atomic E-state index is 0.0156. The van der Waals surface area contributed by atoms with Crippen LogP contribution in [-0.2, 0) is 51.0 Å². The van der Waals surface area contributed by atoms with Crippen LogP contribution in [0.3, 0.4) is 0 Å². The number of aliphatic imine (C=N–C) groups is 3. The standard InChI is InChI=1S/2C26H23ClF2N4O5S.C26H24ClFN4O5S/c1-37-26(36)18-21(12-2-4-13(5-3-12)24-31-14(11-38-24)10-17(34)35)32-23(25-30-8-9-39-25)33-22(18)15-6-7-16(28)20(29)19(15)27;1-2-37-26(36)17-20(12-3-5-13(6-4-12)23-31-16(11-38-23)25(34)35)32-22(24-30-9-10-39-24)33-21(17)14-7-8-15(28)19(29)18(14)27;1-36-26(35)20-21(13-2-4-14(5-3-13)24-30-16(12-37-24)11-19(33)34)31-23(25-29-8-9-38-25)32-22(20)17-7-6-15(28)10-18(17)27/h6-9,11-13,22H,2-5,10H2,1H3,(H,32,33)(H,34,35);7-13,21H,2-6H2,1H3,(H,32,33)(H,34,35);6-10,12-14,22H,2-5,11H2,1H3,(H,31,32)(H,33,34). The van der Waals surface area contributed by atoms with E-state index in [-0.39, 0.29) is 87.9 Å². The Bertz CT molecular complexity index is 5380. The van der Waals surface area contributed by atoms with E-state index in [0.717, 1.165) is 31.2 Å². The Kier molecular flexibility index (Phi) is 26.5. The number of oxazole rings is 3. The van der Waals surface area contributed by atoms with E-state index >= 15 is 0 Å². The highest BCUT2D eigenvalue weighted by atomic mass is 35.5. The maximum absolute atomic E-state index is 14.5. The van der Waals surface area contributed by atoms with Crippen molar-refractivity contribution < 1.29 is 93.5 Å². The highest BCUT2D eigenvalue weighted by molar-refractivity contribution is 7.12. The van der Waals surface area contributed by atoms with Crippen molar-refractivity contribution in [3.8, 4) is 0 Å². The van der Waals surface area contributed by atoms with E-state index in [9.17, 15) is 50.7 Å². The predicted molar refractivity (Wildman–Crippen MR) is 413 cm³/mol. The smallest absolute Gasteiger partial charge is 0.357 e. The summed E-state index contributed by atoms with van der Waals surface area (Å²) in [5.41, 5.74) is 3.79. The number of nitrogens with one attached hydrogen (secondary N) is 3. The van der Waals surface area contributed by atoms with E-state index in [4.69, 9.17) is 82.6 Å². The molecule has 9 aromatic rings. The number of thiazole rings is 3. The van der Waals surface area contributed by atoms with Crippen molar-refractivity contribution in [2.45, 2.75) is 133 Å². The number of carboxylic acids is 3. The predicted octanol–water partition coefficient (Wildman–Crippen LogP) is 15.9. The Hall–Kier alpha value is -10.9. The molecule has 3 atom stereocenters. The summed E-state index contributed by atoms with van der Waals surface area (Å²) >= 11 is 23.0. The molecular weight excluding hydrogens is 1640 g/mol. The SMILES string of the molecule is CCOC(=O)C1=C(C2CCC(c3nc(C(=O)O)co3)CC2)NC(c2nccs2)=NC1c1ccc(F)c(F)c1Cl.COC(=O)C1=C(C2CCC(c3nc(CC(=O)O)co3)CC2)NC(c2nccs2)=NC1c1ccc(F)c(F)c1Cl.COC(=O)C1=C(C2CCC(c3nc(CC(=O)O)co3)CC2)NC(c2nccs2)=NC1c1ccc(F)cc1Cl. The Morgan fingerprint density at radius 2 is 0.836 bits per heavy atom. The quantitative estimate of drug-likeness (QED) is 0.0168. The molecule has 6 N–H and O–H groups in total. The van der Waals surface area contributed by atoms with Gasteiger partial charge in [0.25, 0.3) is 0 Å². The lowest BCUT2D eigenvalue weighted by Crippen LogP contribution is -2.38. The summed E-state index contributed by atoms with van der Waals surface area (Å²) in [6.45, 7) is 1.77. The van der Waals surface area contributed by atoms with Crippen LogP contribution in [-0.4, -0.2) is 119 Å². The average molecular weight is 1710 g/mol. The Morgan fingerprint density at radius 1 is 0.483 bits per heavy atom. The Morgan fingerprint density at radius 3 is 1.17 bits per heavy atom. The largest absolute Gasteiger partial charge is 0.481 e. The molecular formula is C78H70Cl3F5N12O15S3. The minimum Gasteiger partial charge on any atom is -0.481 e. The summed E-state index contributed by atoms with van der Waals surface area (Å²) < 4.78 is 103. The summed E-state index contributed by atoms with van der Waals surface area (Å²) in [5.74, 6) is -7.91. The third-order valence-corrected chi connectivity index (χ3v) is 23.8. The third kappa shape index (κ3) is 18.5. The number of hydrogen-bond acceptors (Lipinski definition) is 27. The number of benzene rings is 3. The van der Waals surface area contributed by atoms with Crippen molar-refractivity contribution in [3.05, 3.63) is 240 Å². The molecule has 116 heavy (non-hydrogen) atoms. The summed E-state index contributed by atoms with van der Waals surface area (Å²) in [6, 6.07) is 5.62. The van der Waals surface area contributed by atoms with Crippen molar-refractivity contribution in [2.75, 3.05) is 20.8 Å². The average Bonchev–Trinajstić information content (AvgIpc) is 0.973. The minimum atomic E-state index is -1.23. The number of carboxylic acid groups (broad SMARTS) is 3. The van der Waals surface area contributed by atoms with Crippen molar-refractivity contribution in [1.82, 2.24) is 45.9 Å². The number of esters is 3. The molecule has 0 spiro atoms. The zero-order valence-corrected chi connectivity index (χ0v) is 66.3. The van der Waals surface area contributed by atoms with Crippen LogP contribution >= 0.6 is 68.8 Å². The number of allylic oxidation sites excluding steroid dienone is 3. The second kappa shape index (κ2) is 37.0. The van der Waals surface area contributed by atoms with Gasteiger partial charge in [-0.15, -0.1) is 34.0 Å². The van der Waals surface area contributed by atoms with Crippen molar-refractivity contribution in [2.24, 2.45) is 32.7 Å². The molecule has 0 radical (unpaired) electrons. The fraction of sp³-hybridized carbons (Fsp3) is 0.346. The highest BCUT2D eigenvalue weighted by Crippen LogP contribution is 2.49. The van der Waals surface area contributed by atoms with E-state index in [1.54, 1.807) is 36.3 Å². The maximum Gasteiger partial charge on any atom is 0.357 e. The molecule has 3 saturated carbocycles. The molecule has 9 heterocycles. The van der Waals surface area contributed by atoms with Gasteiger partial charge in [-0.25, -0.2) is 71.0 Å². The lowest BCUT2D eigenvalue weighted by Gasteiger charge is -2.34. The van der Waals surface area contributed by atoms with Crippen LogP contribution in [0.1, 0.15) is 191 Å². The van der Waals surface area contributed by atoms with E-state index in [1.165, 1.54) is 91.1 Å². The van der Waals surface area contributed by atoms with Gasteiger partial charge in [-0.3, -0.25) is 24.6 Å². The topological polar surface area (TPSA) is 381 Å². The number of rotatable bonds is 21. The van der Waals surface area contributed by atoms with Gasteiger partial charge in [-0.05, 0) is 126 Å². The molecule has 0 bridgehead atoms. The van der Waals surface area contributed by atoms with Crippen molar-refractivity contribution >= 4 is 122 Å². The zero-order valence-electron chi connectivity index (χ0n) is 61.6. The maximum atomic E-state index is 14.5. The second-order valence-electron chi connectivity index (χ2n) is 27.4. The summed E-state index contributed by atoms with van der Waals surface area (Å²) in [6.07, 6.45) is 16.3. The van der Waals surface area contributed by atoms with Crippen LogP contribution in [0.25, 0.3) is 0 Å². The number of amidine groups is 3. The number of aliphatic carboxylic acids is 2. The summed E-state index contributed by atoms with van der Waals surface area (Å²) in [4.78, 5) is 113. The highest BCUT2D eigenvalue weighted by Gasteiger charge is 2.44. The number of nitrogens with zero attached hydrogens (tertiary/aromatic N) is 9. The molecule has 0 saturated heterocycles. The van der Waals surface area contributed by atoms with Crippen LogP contribution in [0.5, 0.6) is 0 Å². The van der Waals surface area contributed by atoms with Crippen LogP contribution in [0.15, 0.2) is 158 Å². The second-order valence-corrected chi connectivity index (χ2v) is 31.3. The van der Waals surface area contributed by atoms with Crippen LogP contribution in [0.4, 0.5) is 22.0 Å². The van der Waals surface area contributed by atoms with Crippen molar-refractivity contribution in [3.63, 3.8) is 0 Å². The van der Waals surface area contributed by atoms with Gasteiger partial charge < -0.3 is 58.7 Å². The Balaban J connectivity index is 0.000000151. The molecule has 3 fully saturated rings. The number of aromatic carboxylic acids is 1. The molecule has 0 amide bonds. The first kappa shape index (κ1) is 83.1. The van der Waals surface area contributed by atoms with Gasteiger partial charge in [-0.1, -0.05) is 53.0 Å². The molecule has 3 aromatic carbocycles. The number of carbonyl (C=O) groups is 6. The number of aromatic nitrogens is 6. The van der Waals surface area contributed by atoms with Gasteiger partial charge in [0.15, 0.2) is 79.2 Å². The molecule has 3 aliphatic heterocycles. The van der Waals surface area contributed by atoms with Gasteiger partial charge in [0.2, 0.25) is 0 Å². The number of methoxy groups -OCH3 is 2. The van der Waals surface area contributed by atoms with E-state index in [1.807, 2.05) is 5.38 Å². The van der Waals surface area contributed by atoms with Crippen LogP contribution in [0, 0.1) is 46.8 Å². The Labute approximate surface area is 684 Å². The molecule has 38 heteroatoms. The van der Waals surface area contributed by atoms with Crippen LogP contribution < -0.4 is 16.0 Å². The van der Waals surface area contributed by atoms with Gasteiger partial charge in [0, 0.05) is 91.3 Å². The zero-order chi connectivity index (χ0) is 82.2. The molecule has 6 aliphatic rings. The van der Waals surface area contributed by atoms with E-state index in [0.29, 0.717) is 154 Å². The molecule has 6 aromatic heterocycles. The first-order valence-corrected chi connectivity index (χ1v) is 40.2. The van der Waals surface area contributed by atoms with Crippen LogP contribution in [0.2, 0.25) is 15.1 Å². The molecule has 15 rings (SSSR count). The number of hydrogen-bond donors (Lipinski definition) is 6. The van der Waals surface area contributed by atoms with Gasteiger partial charge in [0.1, 0.15) is 42.7 Å². The fourth-order valence-corrected chi connectivity index (χ4v) is 17.5. The van der Waals surface area contributed by atoms with E-state index in [2.05, 4.69) is 55.8 Å². The number of carbonyl (C=O) groups excluding carboxylic acids is 3. The van der Waals surface area contributed by atoms with Gasteiger partial charge in [0.05, 0.1) is 71.8 Å². The number of ether oxygens (including phenoxy) is 3. The lowest BCUT2D eigenvalue weighted by molar-refractivity contribution is -0.139. The molecule has 27 nitrogen and oxygen atoms in total. The first-order valence-electron chi connectivity index (χ1n) is 36.4. The van der Waals surface area contributed by atoms with Gasteiger partial charge >= 0.3 is 35.8 Å². The third-order valence-electron chi connectivity index (χ3n) is 20.4. The van der Waals surface area contributed by atoms with Crippen molar-refractivity contribution in [1.29, 1.82) is 0 Å². The fourth-order valence-electron chi connectivity index (χ4n) is 15.0. The lowest BCUT2D eigenvalue weighted by atomic mass is 9.78. The normalized spacial score (nSPS) is 21.4. The number of halogens is 8. The molecule has 3 aliphatic carbocycles. The monoisotopic (exact) mass is 1710 g/mol. The van der Waals surface area contributed by atoms with Gasteiger partial charge in [-0.2, -0.15) is 0 Å². The molecule has 606 valence electrons. The summed E-state index contributed by atoms with van der Waals surface area (Å²) in [5, 5.41) is 43.4. The van der Waals surface area contributed by atoms with E-state index < -0.39 is 93.1 Å². The molecule has 3 unspecified atom stereocenters. The summed E-state index contributed by atoms with van der Waals surface area (Å²) in [7, 11) is 2.55.